The predicted molar refractivity (Wildman–Crippen MR) is 227 cm³/mol. The lowest BCUT2D eigenvalue weighted by molar-refractivity contribution is -0.432. The monoisotopic (exact) mass is 965 g/mol. The Morgan fingerprint density at radius 2 is 0.806 bits per heavy atom. The molecule has 0 aliphatic rings. The minimum Gasteiger partial charge on any atom is -0.355 e. The molecule has 3 aromatic rings. The minimum atomic E-state index is -1.60. The van der Waals surface area contributed by atoms with Crippen molar-refractivity contribution in [3.05, 3.63) is 108 Å². The van der Waals surface area contributed by atoms with E-state index in [9.17, 15) is 24.0 Å². The summed E-state index contributed by atoms with van der Waals surface area (Å²) in [5.74, 6) is -6.03. The van der Waals surface area contributed by atoms with Gasteiger partial charge in [0, 0.05) is 54.7 Å². The Kier molecular flexibility index (Phi) is 25.8. The number of thioether (sulfide) groups is 1. The fourth-order valence-corrected chi connectivity index (χ4v) is 8.71. The molecule has 0 saturated carbocycles. The van der Waals surface area contributed by atoms with E-state index in [0.717, 1.165) is 16.7 Å². The number of carbonyl (C=O) groups is 5. The Morgan fingerprint density at radius 1 is 0.500 bits per heavy atom. The van der Waals surface area contributed by atoms with E-state index in [4.69, 9.17) is 21.0 Å². The van der Waals surface area contributed by atoms with Gasteiger partial charge in [0.05, 0.1) is 33.5 Å². The third kappa shape index (κ3) is 17.4. The summed E-state index contributed by atoms with van der Waals surface area (Å²) >= 11 is 2.93. The van der Waals surface area contributed by atoms with Crippen molar-refractivity contribution in [2.75, 3.05) is 35.3 Å². The van der Waals surface area contributed by atoms with Gasteiger partial charge in [0.2, 0.25) is 29.5 Å². The number of hydrogen-bond donors (Lipinski definition) is 9. The Hall–Kier alpha value is -3.72. The number of likely N-dealkylation sites (N-methyl/N-ethyl adjacent to an activating group) is 1. The highest BCUT2D eigenvalue weighted by Crippen LogP contribution is 2.48. The van der Waals surface area contributed by atoms with Gasteiger partial charge in [-0.3, -0.25) is 24.0 Å². The second-order valence-corrected chi connectivity index (χ2v) is 16.0. The molecule has 0 spiro atoms. The lowest BCUT2D eigenvalue weighted by Crippen LogP contribution is -2.60. The molecule has 0 unspecified atom stereocenters. The first-order valence-electron chi connectivity index (χ1n) is 17.8. The molecule has 5 amide bonds. The number of nitrogens with one attached hydrogen (secondary N) is 5. The third-order valence-electron chi connectivity index (χ3n) is 8.12. The first kappa shape index (κ1) is 52.6. The van der Waals surface area contributed by atoms with Crippen LogP contribution in [0.25, 0.3) is 0 Å². The molecule has 22 nitrogen and oxygen atoms in total. The number of hydrogen-bond acceptors (Lipinski definition) is 22. The van der Waals surface area contributed by atoms with Crippen LogP contribution in [0.15, 0.2) is 91.0 Å². The van der Waals surface area contributed by atoms with Crippen molar-refractivity contribution < 1.29 is 82.5 Å². The Morgan fingerprint density at radius 3 is 1.11 bits per heavy atom. The second kappa shape index (κ2) is 30.4. The van der Waals surface area contributed by atoms with Crippen LogP contribution >= 0.6 is 59.9 Å². The zero-order chi connectivity index (χ0) is 45.0. The van der Waals surface area contributed by atoms with Crippen LogP contribution in [0.4, 0.5) is 0 Å². The van der Waals surface area contributed by atoms with E-state index in [1.807, 2.05) is 91.0 Å². The van der Waals surface area contributed by atoms with Crippen LogP contribution in [-0.4, -0.2) is 110 Å². The van der Waals surface area contributed by atoms with Gasteiger partial charge >= 0.3 is 0 Å². The molecule has 0 heterocycles. The molecule has 340 valence electrons. The Labute approximate surface area is 375 Å². The van der Waals surface area contributed by atoms with Crippen molar-refractivity contribution >= 4 is 89.5 Å². The van der Waals surface area contributed by atoms with Crippen molar-refractivity contribution in [2.45, 2.75) is 35.8 Å². The topological polar surface area (TPSA) is 300 Å². The lowest BCUT2D eigenvalue weighted by Gasteiger charge is -2.35. The van der Waals surface area contributed by atoms with E-state index < -0.39 is 70.0 Å². The quantitative estimate of drug-likeness (QED) is 0.0147. The van der Waals surface area contributed by atoms with Gasteiger partial charge in [0.25, 0.3) is 0 Å². The SMILES string of the molecule is CCNC(=O)[C@H](CSOOO)NC(=O)[C@H](CSOOO)NC(=O)[C@H](CSOOO)NC(=O)[C@H](CSOOO)NC(=O)CSC(c1ccccc1)(c1ccccc1)c1ccccc1. The van der Waals surface area contributed by atoms with Crippen LogP contribution in [0, 0.1) is 0 Å². The number of benzene rings is 3. The van der Waals surface area contributed by atoms with Crippen molar-refractivity contribution in [3.8, 4) is 0 Å². The number of amides is 5. The number of carbonyl (C=O) groups excluding carboxylic acids is 5. The molecule has 9 N–H and O–H groups in total. The maximum absolute atomic E-state index is 13.9. The summed E-state index contributed by atoms with van der Waals surface area (Å²) in [5, 5.41) is 61.3. The highest BCUT2D eigenvalue weighted by Gasteiger charge is 2.38. The van der Waals surface area contributed by atoms with Gasteiger partial charge in [-0.25, -0.2) is 21.0 Å². The van der Waals surface area contributed by atoms with Crippen LogP contribution in [0.2, 0.25) is 0 Å². The summed E-state index contributed by atoms with van der Waals surface area (Å²) in [5.41, 5.74) is 2.62. The van der Waals surface area contributed by atoms with E-state index in [1.54, 1.807) is 6.92 Å². The highest BCUT2D eigenvalue weighted by atomic mass is 32.2. The fourth-order valence-electron chi connectivity index (χ4n) is 5.49. The molecule has 27 heteroatoms. The molecule has 4 atom stereocenters. The van der Waals surface area contributed by atoms with Crippen molar-refractivity contribution in [1.29, 1.82) is 0 Å². The molecule has 0 bridgehead atoms. The maximum Gasteiger partial charge on any atom is 0.244 e. The lowest BCUT2D eigenvalue weighted by atomic mass is 9.84. The molecule has 0 aliphatic heterocycles. The molecular formula is C35H43N5O17S5. The predicted octanol–water partition coefficient (Wildman–Crippen LogP) is 3.06. The van der Waals surface area contributed by atoms with Crippen LogP contribution in [0.3, 0.4) is 0 Å². The van der Waals surface area contributed by atoms with Crippen LogP contribution in [0.5, 0.6) is 0 Å². The van der Waals surface area contributed by atoms with E-state index in [2.05, 4.69) is 64.1 Å². The maximum atomic E-state index is 13.9. The van der Waals surface area contributed by atoms with Gasteiger partial charge in [0.1, 0.15) is 24.2 Å². The van der Waals surface area contributed by atoms with E-state index in [0.29, 0.717) is 48.2 Å². The summed E-state index contributed by atoms with van der Waals surface area (Å²) in [6.45, 7) is 1.80. The molecule has 62 heavy (non-hydrogen) atoms. The van der Waals surface area contributed by atoms with Crippen molar-refractivity contribution in [2.24, 2.45) is 0 Å². The van der Waals surface area contributed by atoms with Crippen LogP contribution < -0.4 is 26.6 Å². The van der Waals surface area contributed by atoms with Gasteiger partial charge in [-0.05, 0) is 23.6 Å². The molecular weight excluding hydrogens is 923 g/mol. The second-order valence-electron chi connectivity index (χ2n) is 12.0. The first-order valence-corrected chi connectivity index (χ1v) is 22.4. The summed E-state index contributed by atoms with van der Waals surface area (Å²) in [7, 11) is 0. The van der Waals surface area contributed by atoms with E-state index >= 15 is 0 Å². The highest BCUT2D eigenvalue weighted by molar-refractivity contribution is 8.01. The largest absolute Gasteiger partial charge is 0.355 e. The summed E-state index contributed by atoms with van der Waals surface area (Å²) in [4.78, 5) is 67.5. The van der Waals surface area contributed by atoms with E-state index in [1.165, 1.54) is 11.8 Å². The number of rotatable bonds is 31. The standard InChI is InChI=1S/C35H43N5O17S5/c1-2-36-31(42)26(18-59-54-50-46)38-33(44)28(20-61-56-52-48)40-34(45)29(21-62-57-53-49)39-32(43)27(19-60-55-51-47)37-30(41)22-58-35(23-12-6-3-7-13-23,24-14-8-4-9-15-24)25-16-10-5-11-17-25/h3-17,26-29,46-49H,2,18-22H2,1H3,(H,36,42)(H,37,41)(H,38,44)(H,39,43)(H,40,45)/t26-,27-,28-,29-/m0/s1. The van der Waals surface area contributed by atoms with Crippen molar-refractivity contribution in [3.63, 3.8) is 0 Å². The average molecular weight is 966 g/mol. The zero-order valence-corrected chi connectivity index (χ0v) is 36.4. The van der Waals surface area contributed by atoms with Gasteiger partial charge in [-0.2, -0.15) is 0 Å². The molecule has 0 saturated heterocycles. The minimum absolute atomic E-state index is 0.178. The van der Waals surface area contributed by atoms with Gasteiger partial charge < -0.3 is 26.6 Å². The molecule has 0 aliphatic carbocycles. The summed E-state index contributed by atoms with van der Waals surface area (Å²) in [6, 6.07) is 22.7. The zero-order valence-electron chi connectivity index (χ0n) is 32.3. The molecule has 0 radical (unpaired) electrons. The van der Waals surface area contributed by atoms with Gasteiger partial charge in [-0.15, -0.1) is 29.1 Å². The van der Waals surface area contributed by atoms with Crippen LogP contribution in [0.1, 0.15) is 23.6 Å². The third-order valence-corrected chi connectivity index (χ3v) is 12.2. The molecule has 0 aromatic heterocycles. The average Bonchev–Trinajstić information content (AvgIpc) is 3.29. The van der Waals surface area contributed by atoms with Crippen molar-refractivity contribution in [1.82, 2.24) is 26.6 Å². The fraction of sp³-hybridized carbons (Fsp3) is 0.343. The van der Waals surface area contributed by atoms with Crippen LogP contribution in [-0.2, 0) is 66.2 Å². The van der Waals surface area contributed by atoms with Gasteiger partial charge in [0.15, 0.2) is 0 Å². The summed E-state index contributed by atoms with van der Waals surface area (Å²) in [6.07, 6.45) is 0. The Bertz CT molecular complexity index is 1690. The molecule has 3 rings (SSSR count). The van der Waals surface area contributed by atoms with E-state index in [-0.39, 0.29) is 23.8 Å². The van der Waals surface area contributed by atoms with Gasteiger partial charge in [-0.1, -0.05) is 111 Å². The summed E-state index contributed by atoms with van der Waals surface area (Å²) < 4.78 is 16.7. The smallest absolute Gasteiger partial charge is 0.244 e. The Balaban J connectivity index is 1.87. The molecule has 0 fully saturated rings. The normalized spacial score (nSPS) is 13.2. The first-order chi connectivity index (χ1) is 30.1. The molecule has 3 aromatic carbocycles.